The summed E-state index contributed by atoms with van der Waals surface area (Å²) in [6.45, 7) is 3.01. The lowest BCUT2D eigenvalue weighted by Gasteiger charge is -2.30. The first-order chi connectivity index (χ1) is 16.4. The van der Waals surface area contributed by atoms with Gasteiger partial charge in [0.2, 0.25) is 21.8 Å². The molecule has 2 aliphatic heterocycles. The molecule has 1 aromatic heterocycles. The van der Waals surface area contributed by atoms with E-state index in [-0.39, 0.29) is 23.6 Å². The van der Waals surface area contributed by atoms with Gasteiger partial charge in [-0.15, -0.1) is 10.2 Å². The van der Waals surface area contributed by atoms with E-state index in [1.807, 2.05) is 19.1 Å². The summed E-state index contributed by atoms with van der Waals surface area (Å²) < 4.78 is 38.1. The van der Waals surface area contributed by atoms with Crippen LogP contribution in [0, 0.1) is 0 Å². The van der Waals surface area contributed by atoms with Crippen LogP contribution in [0.4, 0.5) is 5.69 Å². The SMILES string of the molecule is CCc1ccc(S(=O)(=O)N2CCC(c3nnc(C(=O)Nc4ccc5c(c4)OCO5)s3)CC2)cc1. The Bertz CT molecular complexity index is 1300. The number of carbonyl (C=O) groups is 1. The van der Waals surface area contributed by atoms with Crippen molar-refractivity contribution in [3.63, 3.8) is 0 Å². The van der Waals surface area contributed by atoms with E-state index in [1.54, 1.807) is 30.3 Å². The molecule has 0 bridgehead atoms. The third kappa shape index (κ3) is 4.50. The van der Waals surface area contributed by atoms with Crippen molar-refractivity contribution in [2.24, 2.45) is 0 Å². The average molecular weight is 501 g/mol. The number of benzene rings is 2. The number of hydrogen-bond acceptors (Lipinski definition) is 8. The Kier molecular flexibility index (Phi) is 6.24. The average Bonchev–Trinajstić information content (AvgIpc) is 3.54. The van der Waals surface area contributed by atoms with Crippen LogP contribution in [0.3, 0.4) is 0 Å². The number of sulfonamides is 1. The van der Waals surface area contributed by atoms with Crippen LogP contribution in [-0.2, 0) is 16.4 Å². The minimum atomic E-state index is -3.52. The molecule has 2 aliphatic rings. The summed E-state index contributed by atoms with van der Waals surface area (Å²) in [6, 6.07) is 12.2. The van der Waals surface area contributed by atoms with E-state index in [4.69, 9.17) is 9.47 Å². The van der Waals surface area contributed by atoms with Crippen molar-refractivity contribution in [2.45, 2.75) is 37.0 Å². The van der Waals surface area contributed by atoms with Gasteiger partial charge in [-0.25, -0.2) is 8.42 Å². The highest BCUT2D eigenvalue weighted by atomic mass is 32.2. The lowest BCUT2D eigenvalue weighted by molar-refractivity contribution is 0.102. The molecule has 0 atom stereocenters. The van der Waals surface area contributed by atoms with Gasteiger partial charge in [0, 0.05) is 30.8 Å². The summed E-state index contributed by atoms with van der Waals surface area (Å²) in [5, 5.41) is 12.1. The van der Waals surface area contributed by atoms with E-state index in [2.05, 4.69) is 15.5 Å². The molecule has 0 aliphatic carbocycles. The molecule has 0 saturated carbocycles. The molecular weight excluding hydrogens is 476 g/mol. The lowest BCUT2D eigenvalue weighted by Crippen LogP contribution is -2.37. The van der Waals surface area contributed by atoms with Gasteiger partial charge in [-0.05, 0) is 49.1 Å². The Morgan fingerprint density at radius 1 is 1.09 bits per heavy atom. The van der Waals surface area contributed by atoms with Crippen LogP contribution in [0.15, 0.2) is 47.4 Å². The predicted molar refractivity (Wildman–Crippen MR) is 127 cm³/mol. The molecule has 178 valence electrons. The third-order valence-corrected chi connectivity index (χ3v) is 9.04. The Hall–Kier alpha value is -3.02. The third-order valence-electron chi connectivity index (χ3n) is 6.04. The number of hydrogen-bond donors (Lipinski definition) is 1. The Balaban J connectivity index is 1.20. The van der Waals surface area contributed by atoms with E-state index in [0.717, 1.165) is 17.0 Å². The van der Waals surface area contributed by atoms with E-state index >= 15 is 0 Å². The number of anilines is 1. The Morgan fingerprint density at radius 3 is 2.56 bits per heavy atom. The predicted octanol–water partition coefficient (Wildman–Crippen LogP) is 3.65. The molecule has 5 rings (SSSR count). The van der Waals surface area contributed by atoms with Gasteiger partial charge in [0.05, 0.1) is 4.90 Å². The van der Waals surface area contributed by atoms with Crippen molar-refractivity contribution < 1.29 is 22.7 Å². The topological polar surface area (TPSA) is 111 Å². The van der Waals surface area contributed by atoms with E-state index < -0.39 is 10.0 Å². The van der Waals surface area contributed by atoms with Crippen molar-refractivity contribution in [3.05, 3.63) is 58.0 Å². The Morgan fingerprint density at radius 2 is 1.82 bits per heavy atom. The monoisotopic (exact) mass is 500 g/mol. The second kappa shape index (κ2) is 9.32. The maximum atomic E-state index is 13.0. The first-order valence-electron chi connectivity index (χ1n) is 11.1. The fraction of sp³-hybridized carbons (Fsp3) is 0.348. The zero-order chi connectivity index (χ0) is 23.7. The summed E-state index contributed by atoms with van der Waals surface area (Å²) in [6.07, 6.45) is 2.12. The molecule has 9 nitrogen and oxygen atoms in total. The van der Waals surface area contributed by atoms with Gasteiger partial charge >= 0.3 is 0 Å². The molecule has 3 aromatic rings. The van der Waals surface area contributed by atoms with Gasteiger partial charge in [-0.1, -0.05) is 30.4 Å². The van der Waals surface area contributed by atoms with E-state index in [1.165, 1.54) is 15.6 Å². The highest BCUT2D eigenvalue weighted by Crippen LogP contribution is 2.35. The summed E-state index contributed by atoms with van der Waals surface area (Å²) in [4.78, 5) is 13.0. The van der Waals surface area contributed by atoms with E-state index in [0.29, 0.717) is 48.0 Å². The second-order valence-corrected chi connectivity index (χ2v) is 11.1. The number of aryl methyl sites for hydroxylation is 1. The number of ether oxygens (including phenoxy) is 2. The molecule has 2 aromatic carbocycles. The highest BCUT2D eigenvalue weighted by Gasteiger charge is 2.31. The smallest absolute Gasteiger partial charge is 0.286 e. The molecular formula is C23H24N4O5S2. The number of amides is 1. The minimum Gasteiger partial charge on any atom is -0.454 e. The fourth-order valence-electron chi connectivity index (χ4n) is 4.04. The van der Waals surface area contributed by atoms with Crippen LogP contribution in [0.1, 0.15) is 46.1 Å². The maximum absolute atomic E-state index is 13.0. The lowest BCUT2D eigenvalue weighted by atomic mass is 9.99. The Labute approximate surface area is 201 Å². The molecule has 1 N–H and O–H groups in total. The summed E-state index contributed by atoms with van der Waals surface area (Å²) in [5.41, 5.74) is 1.68. The zero-order valence-electron chi connectivity index (χ0n) is 18.6. The van der Waals surface area contributed by atoms with Crippen molar-refractivity contribution in [1.82, 2.24) is 14.5 Å². The summed E-state index contributed by atoms with van der Waals surface area (Å²) in [5.74, 6) is 0.943. The normalized spacial score (nSPS) is 16.5. The van der Waals surface area contributed by atoms with Gasteiger partial charge in [0.1, 0.15) is 5.01 Å². The van der Waals surface area contributed by atoms with Gasteiger partial charge in [-0.3, -0.25) is 4.79 Å². The largest absolute Gasteiger partial charge is 0.454 e. The zero-order valence-corrected chi connectivity index (χ0v) is 20.2. The van der Waals surface area contributed by atoms with Crippen molar-refractivity contribution in [1.29, 1.82) is 0 Å². The molecule has 1 saturated heterocycles. The van der Waals surface area contributed by atoms with Crippen molar-refractivity contribution >= 4 is 33.0 Å². The molecule has 11 heteroatoms. The highest BCUT2D eigenvalue weighted by molar-refractivity contribution is 7.89. The number of carbonyl (C=O) groups excluding carboxylic acids is 1. The van der Waals surface area contributed by atoms with Gasteiger partial charge < -0.3 is 14.8 Å². The van der Waals surface area contributed by atoms with Crippen LogP contribution in [-0.4, -0.2) is 48.7 Å². The molecule has 1 fully saturated rings. The van der Waals surface area contributed by atoms with Gasteiger partial charge in [0.25, 0.3) is 5.91 Å². The standard InChI is InChI=1S/C23H24N4O5S2/c1-2-15-3-6-18(7-4-15)34(29,30)27-11-9-16(10-12-27)22-25-26-23(33-22)21(28)24-17-5-8-19-20(13-17)32-14-31-19/h3-8,13,16H,2,9-12,14H2,1H3,(H,24,28). The number of nitrogens with zero attached hydrogens (tertiary/aromatic N) is 3. The van der Waals surface area contributed by atoms with Crippen molar-refractivity contribution in [3.8, 4) is 11.5 Å². The number of piperidine rings is 1. The van der Waals surface area contributed by atoms with Gasteiger partial charge in [0.15, 0.2) is 11.5 Å². The molecule has 0 radical (unpaired) electrons. The van der Waals surface area contributed by atoms with Crippen LogP contribution < -0.4 is 14.8 Å². The first kappa shape index (κ1) is 22.8. The molecule has 1 amide bonds. The maximum Gasteiger partial charge on any atom is 0.286 e. The molecule has 0 spiro atoms. The number of fused-ring (bicyclic) bond motifs is 1. The minimum absolute atomic E-state index is 0.0681. The number of rotatable bonds is 6. The molecule has 34 heavy (non-hydrogen) atoms. The summed E-state index contributed by atoms with van der Waals surface area (Å²) in [7, 11) is -3.52. The second-order valence-electron chi connectivity index (χ2n) is 8.14. The van der Waals surface area contributed by atoms with Crippen LogP contribution >= 0.6 is 11.3 Å². The first-order valence-corrected chi connectivity index (χ1v) is 13.3. The van der Waals surface area contributed by atoms with Crippen LogP contribution in [0.2, 0.25) is 0 Å². The molecule has 0 unspecified atom stereocenters. The summed E-state index contributed by atoms with van der Waals surface area (Å²) >= 11 is 1.24. The van der Waals surface area contributed by atoms with Gasteiger partial charge in [-0.2, -0.15) is 4.31 Å². The van der Waals surface area contributed by atoms with E-state index in [9.17, 15) is 13.2 Å². The van der Waals surface area contributed by atoms with Crippen LogP contribution in [0.5, 0.6) is 11.5 Å². The van der Waals surface area contributed by atoms with Crippen LogP contribution in [0.25, 0.3) is 0 Å². The quantitative estimate of drug-likeness (QED) is 0.550. The fourth-order valence-corrected chi connectivity index (χ4v) is 6.42. The van der Waals surface area contributed by atoms with Crippen molar-refractivity contribution in [2.75, 3.05) is 25.2 Å². The number of aromatic nitrogens is 2. The molecule has 3 heterocycles. The number of nitrogens with one attached hydrogen (secondary N) is 1.